The van der Waals surface area contributed by atoms with E-state index >= 15 is 0 Å². The van der Waals surface area contributed by atoms with Gasteiger partial charge in [-0.1, -0.05) is 13.3 Å². The van der Waals surface area contributed by atoms with E-state index in [1.54, 1.807) is 0 Å². The van der Waals surface area contributed by atoms with Crippen molar-refractivity contribution < 1.29 is 19.9 Å². The Kier molecular flexibility index (Phi) is 6.28. The third-order valence-electron chi connectivity index (χ3n) is 0.941. The third kappa shape index (κ3) is 9.84. The first-order valence-corrected chi connectivity index (χ1v) is 4.20. The van der Waals surface area contributed by atoms with Crippen molar-refractivity contribution in [1.82, 2.24) is 0 Å². The van der Waals surface area contributed by atoms with Crippen LogP contribution in [0.2, 0.25) is 0 Å². The van der Waals surface area contributed by atoms with Crippen LogP contribution in [0.5, 0.6) is 0 Å². The molecule has 0 atom stereocenters. The van der Waals surface area contributed by atoms with E-state index in [9.17, 15) is 0 Å². The van der Waals surface area contributed by atoms with Gasteiger partial charge in [-0.25, -0.2) is 4.89 Å². The van der Waals surface area contributed by atoms with Gasteiger partial charge in [-0.15, -0.1) is 0 Å². The van der Waals surface area contributed by atoms with E-state index in [1.807, 2.05) is 20.8 Å². The van der Waals surface area contributed by atoms with Crippen molar-refractivity contribution >= 4 is 0 Å². The zero-order chi connectivity index (χ0) is 9.45. The molecule has 0 aliphatic heterocycles. The van der Waals surface area contributed by atoms with Gasteiger partial charge in [0.1, 0.15) is 0 Å². The average Bonchev–Trinajstić information content (AvgIpc) is 1.94. The van der Waals surface area contributed by atoms with Crippen LogP contribution in [-0.4, -0.2) is 12.2 Å². The minimum Gasteiger partial charge on any atom is -0.204 e. The van der Waals surface area contributed by atoms with Crippen LogP contribution in [0, 0.1) is 0 Å². The van der Waals surface area contributed by atoms with Crippen molar-refractivity contribution in [3.05, 3.63) is 0 Å². The average molecular weight is 178 g/mol. The molecule has 0 saturated heterocycles. The molecule has 0 fully saturated rings. The second-order valence-corrected chi connectivity index (χ2v) is 3.51. The van der Waals surface area contributed by atoms with E-state index < -0.39 is 0 Å². The van der Waals surface area contributed by atoms with Crippen LogP contribution in [-0.2, 0) is 19.9 Å². The highest BCUT2D eigenvalue weighted by molar-refractivity contribution is 4.53. The maximum absolute atomic E-state index is 4.76. The fourth-order valence-corrected chi connectivity index (χ4v) is 0.373. The molecule has 0 bridgehead atoms. The van der Waals surface area contributed by atoms with Crippen LogP contribution in [0.3, 0.4) is 0 Å². The predicted molar refractivity (Wildman–Crippen MR) is 43.9 cm³/mol. The Balaban J connectivity index is 3.01. The second-order valence-electron chi connectivity index (χ2n) is 3.51. The van der Waals surface area contributed by atoms with Gasteiger partial charge >= 0.3 is 0 Å². The molecule has 74 valence electrons. The number of unbranched alkanes of at least 4 members (excludes halogenated alkanes) is 1. The van der Waals surface area contributed by atoms with Gasteiger partial charge in [0.25, 0.3) is 0 Å². The molecule has 0 unspecified atom stereocenters. The molecule has 0 saturated carbocycles. The molecule has 0 aromatic rings. The van der Waals surface area contributed by atoms with Crippen molar-refractivity contribution in [3.63, 3.8) is 0 Å². The Morgan fingerprint density at radius 2 is 1.75 bits per heavy atom. The fourth-order valence-electron chi connectivity index (χ4n) is 0.373. The Labute approximate surface area is 73.5 Å². The molecule has 0 rings (SSSR count). The summed E-state index contributed by atoms with van der Waals surface area (Å²) in [5.74, 6) is 0. The highest BCUT2D eigenvalue weighted by atomic mass is 17.7. The lowest BCUT2D eigenvalue weighted by atomic mass is 10.2. The smallest absolute Gasteiger partial charge is 0.0984 e. The Hall–Kier alpha value is -0.160. The first-order valence-electron chi connectivity index (χ1n) is 4.20. The van der Waals surface area contributed by atoms with Gasteiger partial charge in [-0.05, 0) is 37.3 Å². The molecule has 0 spiro atoms. The zero-order valence-corrected chi connectivity index (χ0v) is 8.25. The van der Waals surface area contributed by atoms with Crippen molar-refractivity contribution in [3.8, 4) is 0 Å². The highest BCUT2D eigenvalue weighted by Gasteiger charge is 2.11. The maximum Gasteiger partial charge on any atom is 0.0984 e. The lowest BCUT2D eigenvalue weighted by Crippen LogP contribution is -2.19. The van der Waals surface area contributed by atoms with Gasteiger partial charge in [-0.2, -0.15) is 4.89 Å². The molecule has 0 aromatic carbocycles. The van der Waals surface area contributed by atoms with E-state index in [2.05, 4.69) is 21.9 Å². The van der Waals surface area contributed by atoms with Gasteiger partial charge in [0.05, 0.1) is 12.2 Å². The highest BCUT2D eigenvalue weighted by Crippen LogP contribution is 2.07. The van der Waals surface area contributed by atoms with Crippen LogP contribution >= 0.6 is 0 Å². The minimum atomic E-state index is -0.381. The zero-order valence-electron chi connectivity index (χ0n) is 8.25. The van der Waals surface area contributed by atoms with Gasteiger partial charge in [0, 0.05) is 0 Å². The van der Waals surface area contributed by atoms with E-state index in [4.69, 9.17) is 4.89 Å². The molecular formula is C8H18O4. The van der Waals surface area contributed by atoms with E-state index in [0.717, 1.165) is 12.8 Å². The molecule has 0 aliphatic carbocycles. The largest absolute Gasteiger partial charge is 0.204 e. The van der Waals surface area contributed by atoms with Gasteiger partial charge in [0.15, 0.2) is 0 Å². The summed E-state index contributed by atoms with van der Waals surface area (Å²) >= 11 is 0. The van der Waals surface area contributed by atoms with Crippen molar-refractivity contribution in [2.75, 3.05) is 6.61 Å². The second kappa shape index (κ2) is 6.37. The van der Waals surface area contributed by atoms with Crippen molar-refractivity contribution in [1.29, 1.82) is 0 Å². The normalized spacial score (nSPS) is 12.0. The molecule has 0 N–H and O–H groups in total. The number of rotatable bonds is 6. The Bertz CT molecular complexity index is 97.7. The van der Waals surface area contributed by atoms with E-state index in [1.165, 1.54) is 0 Å². The molecule has 12 heavy (non-hydrogen) atoms. The van der Waals surface area contributed by atoms with Crippen molar-refractivity contribution in [2.24, 2.45) is 0 Å². The minimum absolute atomic E-state index is 0.381. The van der Waals surface area contributed by atoms with Gasteiger partial charge in [-0.3, -0.25) is 0 Å². The van der Waals surface area contributed by atoms with Crippen LogP contribution in [0.4, 0.5) is 0 Å². The first kappa shape index (κ1) is 11.8. The lowest BCUT2D eigenvalue weighted by Gasteiger charge is -2.14. The van der Waals surface area contributed by atoms with E-state index in [0.29, 0.717) is 6.61 Å². The summed E-state index contributed by atoms with van der Waals surface area (Å²) in [5, 5.41) is 8.61. The summed E-state index contributed by atoms with van der Waals surface area (Å²) in [5.41, 5.74) is -0.381. The van der Waals surface area contributed by atoms with Crippen LogP contribution in [0.1, 0.15) is 40.5 Å². The fraction of sp³-hybridized carbons (Fsp3) is 1.00. The van der Waals surface area contributed by atoms with Gasteiger partial charge < -0.3 is 0 Å². The van der Waals surface area contributed by atoms with Crippen LogP contribution < -0.4 is 0 Å². The van der Waals surface area contributed by atoms with E-state index in [-0.39, 0.29) is 5.60 Å². The Morgan fingerprint density at radius 1 is 1.08 bits per heavy atom. The topological polar surface area (TPSA) is 36.9 Å². The molecular weight excluding hydrogens is 160 g/mol. The SMILES string of the molecule is CCCCOOOOC(C)(C)C. The molecule has 0 amide bonds. The summed E-state index contributed by atoms with van der Waals surface area (Å²) in [7, 11) is 0. The number of hydrogen-bond acceptors (Lipinski definition) is 4. The molecule has 0 aromatic heterocycles. The van der Waals surface area contributed by atoms with Crippen LogP contribution in [0.25, 0.3) is 0 Å². The molecule has 0 heterocycles. The van der Waals surface area contributed by atoms with Gasteiger partial charge in [0.2, 0.25) is 0 Å². The summed E-state index contributed by atoms with van der Waals surface area (Å²) in [6.07, 6.45) is 2.00. The van der Waals surface area contributed by atoms with Crippen molar-refractivity contribution in [2.45, 2.75) is 46.1 Å². The first-order chi connectivity index (χ1) is 5.56. The maximum atomic E-state index is 4.76. The third-order valence-corrected chi connectivity index (χ3v) is 0.941. The monoisotopic (exact) mass is 178 g/mol. The Morgan fingerprint density at radius 3 is 2.25 bits per heavy atom. The molecule has 4 heteroatoms. The summed E-state index contributed by atoms with van der Waals surface area (Å²) < 4.78 is 0. The predicted octanol–water partition coefficient (Wildman–Crippen LogP) is 2.40. The summed E-state index contributed by atoms with van der Waals surface area (Å²) in [4.78, 5) is 9.38. The summed E-state index contributed by atoms with van der Waals surface area (Å²) in [6.45, 7) is 8.13. The standard InChI is InChI=1S/C8H18O4/c1-5-6-7-9-11-12-10-8(2,3)4/h5-7H2,1-4H3. The van der Waals surface area contributed by atoms with Crippen LogP contribution in [0.15, 0.2) is 0 Å². The lowest BCUT2D eigenvalue weighted by molar-refractivity contribution is -0.648. The number of hydrogen-bond donors (Lipinski definition) is 0. The molecule has 4 nitrogen and oxygen atoms in total. The summed E-state index contributed by atoms with van der Waals surface area (Å²) in [6, 6.07) is 0. The molecule has 0 aliphatic rings. The quantitative estimate of drug-likeness (QED) is 0.355. The molecule has 0 radical (unpaired) electrons.